The van der Waals surface area contributed by atoms with Crippen molar-refractivity contribution in [1.82, 2.24) is 15.0 Å². The zero-order chi connectivity index (χ0) is 25.5. The molecule has 6 rings (SSSR count). The van der Waals surface area contributed by atoms with Crippen LogP contribution in [0.5, 0.6) is 5.88 Å². The van der Waals surface area contributed by atoms with Gasteiger partial charge in [-0.15, -0.1) is 0 Å². The number of nitrogens with one attached hydrogen (secondary N) is 2. The summed E-state index contributed by atoms with van der Waals surface area (Å²) in [6.45, 7) is 0.505. The summed E-state index contributed by atoms with van der Waals surface area (Å²) in [5.74, 6) is -0.0543. The molecule has 11 heteroatoms. The van der Waals surface area contributed by atoms with Crippen molar-refractivity contribution < 1.29 is 33.2 Å². The normalized spacial score (nSPS) is 22.7. The van der Waals surface area contributed by atoms with Crippen LogP contribution in [0, 0.1) is 5.82 Å². The van der Waals surface area contributed by atoms with Gasteiger partial charge in [-0.1, -0.05) is 24.3 Å². The number of halogens is 1. The van der Waals surface area contributed by atoms with Gasteiger partial charge in [0.1, 0.15) is 24.0 Å². The number of anilines is 1. The zero-order valence-electron chi connectivity index (χ0n) is 19.7. The Morgan fingerprint density at radius 2 is 1.89 bits per heavy atom. The third-order valence-corrected chi connectivity index (χ3v) is 6.44. The van der Waals surface area contributed by atoms with Crippen molar-refractivity contribution in [2.45, 2.75) is 24.4 Å². The number of H-pyrrole nitrogens is 1. The molecule has 2 aliphatic rings. The molecule has 2 aliphatic heterocycles. The molecule has 0 spiro atoms. The molecular formula is C26H23FN4O6. The van der Waals surface area contributed by atoms with Crippen LogP contribution in [0.1, 0.15) is 0 Å². The summed E-state index contributed by atoms with van der Waals surface area (Å²) >= 11 is 0. The fourth-order valence-electron chi connectivity index (χ4n) is 4.59. The van der Waals surface area contributed by atoms with Gasteiger partial charge in [0.2, 0.25) is 0 Å². The number of hydrogen-bond acceptors (Lipinski definition) is 8. The average molecular weight is 506 g/mol. The molecule has 0 aliphatic carbocycles. The molecule has 2 fully saturated rings. The lowest BCUT2D eigenvalue weighted by atomic mass is 10.1. The van der Waals surface area contributed by atoms with E-state index in [-0.39, 0.29) is 24.5 Å². The number of fused-ring (bicyclic) bond motifs is 2. The predicted molar refractivity (Wildman–Crippen MR) is 131 cm³/mol. The Morgan fingerprint density at radius 1 is 1.11 bits per heavy atom. The van der Waals surface area contributed by atoms with Gasteiger partial charge in [-0.3, -0.25) is 10.3 Å². The second-order valence-electron chi connectivity index (χ2n) is 8.83. The second-order valence-corrected chi connectivity index (χ2v) is 8.83. The summed E-state index contributed by atoms with van der Waals surface area (Å²) in [6.07, 6.45) is -0.843. The van der Waals surface area contributed by atoms with E-state index in [9.17, 15) is 14.3 Å². The number of hydrogen-bond donors (Lipinski definition) is 3. The molecular weight excluding hydrogens is 483 g/mol. The Morgan fingerprint density at radius 3 is 2.65 bits per heavy atom. The number of rotatable bonds is 5. The van der Waals surface area contributed by atoms with Crippen LogP contribution < -0.4 is 10.1 Å². The third kappa shape index (κ3) is 4.48. The summed E-state index contributed by atoms with van der Waals surface area (Å²) in [5, 5.41) is 12.5. The van der Waals surface area contributed by atoms with E-state index in [0.717, 1.165) is 5.56 Å². The molecule has 3 aromatic heterocycles. The van der Waals surface area contributed by atoms with Crippen LogP contribution in [0.25, 0.3) is 33.5 Å². The lowest BCUT2D eigenvalue weighted by Gasteiger charge is -2.16. The van der Waals surface area contributed by atoms with Crippen molar-refractivity contribution in [3.63, 3.8) is 0 Å². The molecule has 2 saturated heterocycles. The van der Waals surface area contributed by atoms with Crippen LogP contribution in [-0.2, 0) is 14.2 Å². The number of pyridine rings is 2. The largest absolute Gasteiger partial charge is 0.470 e. The summed E-state index contributed by atoms with van der Waals surface area (Å²) in [4.78, 5) is 23.2. The first-order valence-electron chi connectivity index (χ1n) is 11.7. The summed E-state index contributed by atoms with van der Waals surface area (Å²) in [5.41, 5.74) is 3.89. The number of carbonyl (C=O) groups is 1. The minimum Gasteiger partial charge on any atom is -0.470 e. The molecule has 0 saturated carbocycles. The Hall–Kier alpha value is -4.06. The number of carbonyl (C=O) groups excluding carboxylic acids is 1. The highest BCUT2D eigenvalue weighted by Crippen LogP contribution is 2.32. The van der Waals surface area contributed by atoms with Crippen LogP contribution in [-0.4, -0.2) is 70.9 Å². The molecule has 3 N–H and O–H groups in total. The smallest absolute Gasteiger partial charge is 0.411 e. The highest BCUT2D eigenvalue weighted by Gasteiger charge is 2.48. The van der Waals surface area contributed by atoms with Gasteiger partial charge in [0.25, 0.3) is 0 Å². The van der Waals surface area contributed by atoms with Crippen LogP contribution >= 0.6 is 0 Å². The van der Waals surface area contributed by atoms with Crippen molar-refractivity contribution >= 4 is 22.8 Å². The first kappa shape index (κ1) is 23.3. The topological polar surface area (TPSA) is 128 Å². The number of benzene rings is 1. The molecule has 1 aromatic carbocycles. The first-order chi connectivity index (χ1) is 18.0. The SMILES string of the molecule is COC(=O)Nc1ccc(-c2ccc(-c3nc4cc(O[C@@H]5COC6[C@H](O)CO[C@@H]65)[nH]c4cc3F)cc2)nc1. The van der Waals surface area contributed by atoms with Crippen molar-refractivity contribution in [2.75, 3.05) is 25.6 Å². The van der Waals surface area contributed by atoms with Crippen LogP contribution in [0.3, 0.4) is 0 Å². The van der Waals surface area contributed by atoms with E-state index in [4.69, 9.17) is 14.2 Å². The van der Waals surface area contributed by atoms with Crippen molar-refractivity contribution in [3.8, 4) is 28.4 Å². The Balaban J connectivity index is 1.20. The Labute approximate surface area is 210 Å². The zero-order valence-corrected chi connectivity index (χ0v) is 19.7. The highest BCUT2D eigenvalue weighted by molar-refractivity contribution is 5.84. The molecule has 4 aromatic rings. The summed E-state index contributed by atoms with van der Waals surface area (Å²) in [6, 6.07) is 13.8. The molecule has 37 heavy (non-hydrogen) atoms. The van der Waals surface area contributed by atoms with Gasteiger partial charge in [0.15, 0.2) is 17.8 Å². The molecule has 0 radical (unpaired) electrons. The van der Waals surface area contributed by atoms with E-state index < -0.39 is 24.1 Å². The minimum absolute atomic E-state index is 0.210. The number of amides is 1. The van der Waals surface area contributed by atoms with Crippen molar-refractivity contribution in [2.24, 2.45) is 0 Å². The number of methoxy groups -OCH3 is 1. The maximum absolute atomic E-state index is 15.0. The fourth-order valence-corrected chi connectivity index (χ4v) is 4.59. The summed E-state index contributed by atoms with van der Waals surface area (Å²) in [7, 11) is 1.29. The van der Waals surface area contributed by atoms with Crippen molar-refractivity contribution in [1.29, 1.82) is 0 Å². The quantitative estimate of drug-likeness (QED) is 0.375. The van der Waals surface area contributed by atoms with Crippen LogP contribution in [0.15, 0.2) is 54.7 Å². The number of aliphatic hydroxyl groups is 1. The van der Waals surface area contributed by atoms with Gasteiger partial charge < -0.3 is 29.0 Å². The lowest BCUT2D eigenvalue weighted by molar-refractivity contribution is 0.00794. The number of nitrogens with zero attached hydrogens (tertiary/aromatic N) is 2. The number of aliphatic hydroxyl groups excluding tert-OH is 1. The number of aromatic nitrogens is 3. The molecule has 10 nitrogen and oxygen atoms in total. The molecule has 5 heterocycles. The Bertz CT molecular complexity index is 1440. The van der Waals surface area contributed by atoms with Gasteiger partial charge >= 0.3 is 6.09 Å². The predicted octanol–water partition coefficient (Wildman–Crippen LogP) is 3.52. The molecule has 1 unspecified atom stereocenters. The summed E-state index contributed by atoms with van der Waals surface area (Å²) < 4.78 is 36.7. The van der Waals surface area contributed by atoms with E-state index in [1.165, 1.54) is 19.4 Å². The molecule has 1 amide bonds. The molecule has 4 atom stereocenters. The van der Waals surface area contributed by atoms with E-state index >= 15 is 0 Å². The van der Waals surface area contributed by atoms with Gasteiger partial charge in [-0.25, -0.2) is 14.2 Å². The minimum atomic E-state index is -0.662. The van der Waals surface area contributed by atoms with Gasteiger partial charge in [-0.2, -0.15) is 0 Å². The first-order valence-corrected chi connectivity index (χ1v) is 11.7. The number of ether oxygens (including phenoxy) is 4. The third-order valence-electron chi connectivity index (χ3n) is 6.44. The second kappa shape index (κ2) is 9.43. The van der Waals surface area contributed by atoms with Gasteiger partial charge in [-0.05, 0) is 12.1 Å². The standard InChI is InChI=1S/C26H23FN4O6/c1-34-26(33)29-15-6-7-17(28-10-15)13-2-4-14(5-3-13)23-16(27)8-18-19(31-23)9-22(30-18)37-21-12-36-24-20(32)11-35-25(21)24/h2-10,20-21,24-25,30,32H,11-12H2,1H3,(H,29,33)/t20-,21-,24?,25-/m1/s1. The molecule has 0 bridgehead atoms. The number of aromatic amines is 1. The molecule has 190 valence electrons. The monoisotopic (exact) mass is 506 g/mol. The average Bonchev–Trinajstić information content (AvgIpc) is 3.60. The van der Waals surface area contributed by atoms with Crippen LogP contribution in [0.2, 0.25) is 0 Å². The van der Waals surface area contributed by atoms with Gasteiger partial charge in [0.05, 0.1) is 48.9 Å². The Kier molecular flexibility index (Phi) is 5.95. The van der Waals surface area contributed by atoms with Crippen LogP contribution in [0.4, 0.5) is 14.9 Å². The van der Waals surface area contributed by atoms with E-state index in [2.05, 4.69) is 25.0 Å². The lowest BCUT2D eigenvalue weighted by Crippen LogP contribution is -2.34. The van der Waals surface area contributed by atoms with E-state index in [1.54, 1.807) is 30.3 Å². The van der Waals surface area contributed by atoms with E-state index in [0.29, 0.717) is 40.5 Å². The van der Waals surface area contributed by atoms with Gasteiger partial charge in [0, 0.05) is 23.3 Å². The highest BCUT2D eigenvalue weighted by atomic mass is 19.1. The maximum atomic E-state index is 15.0. The van der Waals surface area contributed by atoms with Crippen molar-refractivity contribution in [3.05, 3.63) is 60.5 Å². The maximum Gasteiger partial charge on any atom is 0.411 e. The fraction of sp³-hybridized carbons (Fsp3) is 0.269. The van der Waals surface area contributed by atoms with E-state index in [1.807, 2.05) is 12.1 Å².